The lowest BCUT2D eigenvalue weighted by Crippen LogP contribution is -2.21. The normalized spacial score (nSPS) is 12.4. The van der Waals surface area contributed by atoms with Gasteiger partial charge in [-0.05, 0) is 42.7 Å². The smallest absolute Gasteiger partial charge is 0.116 e. The first-order valence-corrected chi connectivity index (χ1v) is 7.78. The van der Waals surface area contributed by atoms with Crippen LogP contribution >= 0.6 is 27.7 Å². The Morgan fingerprint density at radius 1 is 1.37 bits per heavy atom. The zero-order chi connectivity index (χ0) is 13.7. The van der Waals surface area contributed by atoms with Gasteiger partial charge in [0, 0.05) is 21.6 Å². The maximum Gasteiger partial charge on any atom is 0.116 e. The van der Waals surface area contributed by atoms with Gasteiger partial charge < -0.3 is 5.73 Å². The highest BCUT2D eigenvalue weighted by atomic mass is 79.9. The van der Waals surface area contributed by atoms with E-state index in [0.717, 1.165) is 22.3 Å². The second kappa shape index (κ2) is 7.03. The van der Waals surface area contributed by atoms with Crippen LogP contribution < -0.4 is 5.73 Å². The van der Waals surface area contributed by atoms with E-state index in [4.69, 9.17) is 5.73 Å². The average molecular weight is 338 g/mol. The lowest BCUT2D eigenvalue weighted by Gasteiger charge is -2.13. The Labute approximate surface area is 126 Å². The van der Waals surface area contributed by atoms with Gasteiger partial charge in [-0.15, -0.1) is 0 Å². The number of benzene rings is 1. The van der Waals surface area contributed by atoms with Crippen LogP contribution in [0.25, 0.3) is 0 Å². The summed E-state index contributed by atoms with van der Waals surface area (Å²) in [5.41, 5.74) is 7.32. The van der Waals surface area contributed by atoms with Gasteiger partial charge >= 0.3 is 0 Å². The van der Waals surface area contributed by atoms with Crippen LogP contribution in [0, 0.1) is 0 Å². The summed E-state index contributed by atoms with van der Waals surface area (Å²) in [6.45, 7) is 2.11. The summed E-state index contributed by atoms with van der Waals surface area (Å²) in [5.74, 6) is 0. The van der Waals surface area contributed by atoms with Gasteiger partial charge in [-0.3, -0.25) is 0 Å². The van der Waals surface area contributed by atoms with Crippen molar-refractivity contribution in [1.82, 2.24) is 9.97 Å². The summed E-state index contributed by atoms with van der Waals surface area (Å²) < 4.78 is 1.08. The van der Waals surface area contributed by atoms with Gasteiger partial charge in [0.15, 0.2) is 0 Å². The summed E-state index contributed by atoms with van der Waals surface area (Å²) in [4.78, 5) is 9.38. The van der Waals surface area contributed by atoms with E-state index in [1.807, 2.05) is 12.1 Å². The molecule has 1 atom stereocenters. The van der Waals surface area contributed by atoms with E-state index < -0.39 is 0 Å². The van der Waals surface area contributed by atoms with E-state index in [9.17, 15) is 0 Å². The van der Waals surface area contributed by atoms with E-state index in [0.29, 0.717) is 0 Å². The molecule has 0 amide bonds. The lowest BCUT2D eigenvalue weighted by molar-refractivity contribution is 0.641. The Kier molecular flexibility index (Phi) is 5.36. The molecule has 5 heteroatoms. The Hall–Kier alpha value is -0.910. The molecule has 3 nitrogen and oxygen atoms in total. The van der Waals surface area contributed by atoms with Crippen molar-refractivity contribution < 1.29 is 0 Å². The van der Waals surface area contributed by atoms with E-state index in [2.05, 4.69) is 45.0 Å². The van der Waals surface area contributed by atoms with Crippen molar-refractivity contribution in [2.75, 3.05) is 0 Å². The molecule has 2 aromatic rings. The van der Waals surface area contributed by atoms with Gasteiger partial charge in [-0.1, -0.05) is 34.6 Å². The molecular formula is C14H16BrN3S. The highest BCUT2D eigenvalue weighted by Gasteiger charge is 2.09. The molecule has 0 bridgehead atoms. The molecule has 0 aliphatic heterocycles. The number of rotatable bonds is 5. The second-order valence-electron chi connectivity index (χ2n) is 4.27. The first kappa shape index (κ1) is 14.5. The minimum atomic E-state index is 0.194. The van der Waals surface area contributed by atoms with Gasteiger partial charge in [-0.2, -0.15) is 0 Å². The van der Waals surface area contributed by atoms with Crippen LogP contribution in [0.2, 0.25) is 0 Å². The zero-order valence-corrected chi connectivity index (χ0v) is 13.1. The predicted molar refractivity (Wildman–Crippen MR) is 82.3 cm³/mol. The minimum Gasteiger partial charge on any atom is -0.327 e. The van der Waals surface area contributed by atoms with Crippen molar-refractivity contribution in [2.45, 2.75) is 35.7 Å². The molecule has 0 radical (unpaired) electrons. The number of nitrogens with zero attached hydrogens (tertiary/aromatic N) is 2. The van der Waals surface area contributed by atoms with Gasteiger partial charge in [0.25, 0.3) is 0 Å². The highest BCUT2D eigenvalue weighted by molar-refractivity contribution is 9.10. The van der Waals surface area contributed by atoms with Gasteiger partial charge in [0.2, 0.25) is 0 Å². The maximum atomic E-state index is 6.07. The van der Waals surface area contributed by atoms with Crippen LogP contribution in [0.1, 0.15) is 18.9 Å². The van der Waals surface area contributed by atoms with Crippen molar-refractivity contribution in [3.8, 4) is 0 Å². The fourth-order valence-corrected chi connectivity index (χ4v) is 2.96. The second-order valence-corrected chi connectivity index (χ2v) is 6.25. The lowest BCUT2D eigenvalue weighted by atomic mass is 10.1. The first-order valence-electron chi connectivity index (χ1n) is 6.17. The SMILES string of the molecule is CCC(N)Cc1cc(Br)ccc1Sc1ccncn1. The molecule has 2 N–H and O–H groups in total. The quantitative estimate of drug-likeness (QED) is 0.845. The third-order valence-electron chi connectivity index (χ3n) is 2.80. The van der Waals surface area contributed by atoms with Gasteiger partial charge in [0.1, 0.15) is 11.4 Å². The third kappa shape index (κ3) is 4.30. The summed E-state index contributed by atoms with van der Waals surface area (Å²) in [6.07, 6.45) is 5.18. The molecule has 1 aromatic heterocycles. The third-order valence-corrected chi connectivity index (χ3v) is 4.36. The number of halogens is 1. The van der Waals surface area contributed by atoms with Crippen molar-refractivity contribution >= 4 is 27.7 Å². The van der Waals surface area contributed by atoms with E-state index in [-0.39, 0.29) is 6.04 Å². The zero-order valence-electron chi connectivity index (χ0n) is 10.7. The maximum absolute atomic E-state index is 6.07. The molecule has 0 saturated heterocycles. The largest absolute Gasteiger partial charge is 0.327 e. The van der Waals surface area contributed by atoms with E-state index in [1.54, 1.807) is 24.3 Å². The van der Waals surface area contributed by atoms with Crippen LogP contribution in [0.15, 0.2) is 51.2 Å². The van der Waals surface area contributed by atoms with Crippen molar-refractivity contribution in [3.05, 3.63) is 46.8 Å². The number of hydrogen-bond acceptors (Lipinski definition) is 4. The number of aromatic nitrogens is 2. The Morgan fingerprint density at radius 3 is 2.89 bits per heavy atom. The Balaban J connectivity index is 2.24. The highest BCUT2D eigenvalue weighted by Crippen LogP contribution is 2.31. The van der Waals surface area contributed by atoms with Crippen LogP contribution in [-0.2, 0) is 6.42 Å². The first-order chi connectivity index (χ1) is 9.19. The molecule has 0 aliphatic carbocycles. The fourth-order valence-electron chi connectivity index (χ4n) is 1.69. The monoisotopic (exact) mass is 337 g/mol. The molecule has 0 spiro atoms. The average Bonchev–Trinajstić information content (AvgIpc) is 2.43. The molecular weight excluding hydrogens is 322 g/mol. The summed E-state index contributed by atoms with van der Waals surface area (Å²) in [7, 11) is 0. The molecule has 100 valence electrons. The molecule has 1 heterocycles. The molecule has 0 fully saturated rings. The Bertz CT molecular complexity index is 533. The molecule has 1 unspecified atom stereocenters. The van der Waals surface area contributed by atoms with Gasteiger partial charge in [-0.25, -0.2) is 9.97 Å². The molecule has 0 saturated carbocycles. The standard InChI is InChI=1S/C14H16BrN3S/c1-2-12(16)8-10-7-11(15)3-4-13(10)19-14-5-6-17-9-18-14/h3-7,9,12H,2,8,16H2,1H3. The number of nitrogens with two attached hydrogens (primary N) is 1. The Morgan fingerprint density at radius 2 is 2.21 bits per heavy atom. The summed E-state index contributed by atoms with van der Waals surface area (Å²) >= 11 is 5.17. The number of hydrogen-bond donors (Lipinski definition) is 1. The topological polar surface area (TPSA) is 51.8 Å². The van der Waals surface area contributed by atoms with Crippen molar-refractivity contribution in [2.24, 2.45) is 5.73 Å². The van der Waals surface area contributed by atoms with Gasteiger partial charge in [0.05, 0.1) is 0 Å². The summed E-state index contributed by atoms with van der Waals surface area (Å²) in [5, 5.41) is 0.948. The summed E-state index contributed by atoms with van der Waals surface area (Å²) in [6, 6.07) is 8.40. The molecule has 2 rings (SSSR count). The van der Waals surface area contributed by atoms with Crippen LogP contribution in [0.4, 0.5) is 0 Å². The fraction of sp³-hybridized carbons (Fsp3) is 0.286. The van der Waals surface area contributed by atoms with Crippen molar-refractivity contribution in [3.63, 3.8) is 0 Å². The van der Waals surface area contributed by atoms with Crippen LogP contribution in [0.5, 0.6) is 0 Å². The van der Waals surface area contributed by atoms with E-state index >= 15 is 0 Å². The molecule has 1 aromatic carbocycles. The van der Waals surface area contributed by atoms with Crippen LogP contribution in [0.3, 0.4) is 0 Å². The molecule has 19 heavy (non-hydrogen) atoms. The van der Waals surface area contributed by atoms with Crippen LogP contribution in [-0.4, -0.2) is 16.0 Å². The van der Waals surface area contributed by atoms with E-state index in [1.165, 1.54) is 10.5 Å². The molecule has 0 aliphatic rings. The van der Waals surface area contributed by atoms with Crippen molar-refractivity contribution in [1.29, 1.82) is 0 Å². The minimum absolute atomic E-state index is 0.194. The predicted octanol–water partition coefficient (Wildman–Crippen LogP) is 3.67.